The summed E-state index contributed by atoms with van der Waals surface area (Å²) in [5.41, 5.74) is 2.70. The number of phenolic OH excluding ortho intramolecular Hbond substituents is 1. The van der Waals surface area contributed by atoms with Gasteiger partial charge in [-0.05, 0) is 55.0 Å². The van der Waals surface area contributed by atoms with E-state index in [-0.39, 0.29) is 120 Å². The van der Waals surface area contributed by atoms with Crippen molar-refractivity contribution in [2.24, 2.45) is 0 Å². The third-order valence-electron chi connectivity index (χ3n) is 10.5. The molecule has 1 fully saturated rings. The molecule has 3 aliphatic rings. The number of thioether (sulfide) groups is 1. The first-order valence-electron chi connectivity index (χ1n) is 20.8. The molecule has 4 heterocycles. The standard InChI is InChI=1S/C43H46N5O18PS/c1-23-21-47(43(58)46-39(23)53)37-19-31(51)34(66-37)22-64-67(59,60)63-14-15-68-35-20-36(52)48(41(35)55)45-9-11-62-13-12-61-10-8-44-40(54)24-2-5-27(42(56)57)30(16-24)38-28-6-3-25(49)17-32(28)65-33-18-26(50)4-7-29(33)38/h2-7,16-18,20-21,31,34,37,45,49,51-52,55H,8-15,19,22H2,1H3,(H,44,54)(H,56,57)(H,59,60)(H,46,53,58)/t31-,34-,37-/m1/s1. The SMILES string of the molecule is Cc1cn([C@H]2C[C@@H](O)[C@@H](COP(=O)(O)OCCSc3cc(O)n(NCCOCCOCCNC(=O)c4ccc(C(=O)O)c(-c5c6ccc(=O)cc-6oc6cc(O)ccc56)c4)c3O)O2)c(=O)[nH]c1=O. The van der Waals surface area contributed by atoms with Crippen LogP contribution in [-0.4, -0.2) is 127 Å². The van der Waals surface area contributed by atoms with Crippen molar-refractivity contribution in [3.8, 4) is 40.0 Å². The number of nitrogens with one attached hydrogen (secondary N) is 3. The monoisotopic (exact) mass is 983 g/mol. The number of aromatic amines is 1. The van der Waals surface area contributed by atoms with Crippen molar-refractivity contribution in [3.63, 3.8) is 0 Å². The van der Waals surface area contributed by atoms with Crippen molar-refractivity contribution >= 4 is 42.4 Å². The minimum atomic E-state index is -4.62. The van der Waals surface area contributed by atoms with Crippen LogP contribution in [0.1, 0.15) is 38.9 Å². The molecule has 4 aromatic rings. The number of aromatic carboxylic acids is 1. The number of ether oxygens (including phenoxy) is 3. The van der Waals surface area contributed by atoms with Crippen LogP contribution in [0.2, 0.25) is 0 Å². The van der Waals surface area contributed by atoms with Crippen LogP contribution in [0.5, 0.6) is 17.5 Å². The number of aliphatic hydroxyl groups excluding tert-OH is 1. The Labute approximate surface area is 388 Å². The maximum absolute atomic E-state index is 13.2. The summed E-state index contributed by atoms with van der Waals surface area (Å²) in [6, 6.07) is 13.8. The lowest BCUT2D eigenvalue weighted by Gasteiger charge is -2.18. The number of carbonyl (C=O) groups excluding carboxylic acids is 1. The fourth-order valence-corrected chi connectivity index (χ4v) is 8.84. The van der Waals surface area contributed by atoms with E-state index < -0.39 is 56.0 Å². The number of carboxylic acid groups (broad SMARTS) is 1. The number of phosphoric ester groups is 1. The fourth-order valence-electron chi connectivity index (χ4n) is 7.19. The number of nitrogens with zero attached hydrogens (tertiary/aromatic N) is 2. The maximum atomic E-state index is 13.2. The van der Waals surface area contributed by atoms with E-state index in [1.54, 1.807) is 6.07 Å². The first-order valence-corrected chi connectivity index (χ1v) is 23.3. The van der Waals surface area contributed by atoms with Crippen molar-refractivity contribution in [2.45, 2.75) is 36.7 Å². The van der Waals surface area contributed by atoms with Crippen LogP contribution >= 0.6 is 19.6 Å². The molecule has 1 amide bonds. The number of hydrogen-bond donors (Lipinski definition) is 9. The largest absolute Gasteiger partial charge is 0.508 e. The van der Waals surface area contributed by atoms with Gasteiger partial charge < -0.3 is 59.8 Å². The first-order chi connectivity index (χ1) is 32.5. The Hall–Kier alpha value is -6.47. The molecule has 0 radical (unpaired) electrons. The second kappa shape index (κ2) is 21.7. The van der Waals surface area contributed by atoms with E-state index in [1.807, 2.05) is 0 Å². The van der Waals surface area contributed by atoms with Crippen LogP contribution in [0, 0.1) is 6.92 Å². The number of amides is 1. The highest BCUT2D eigenvalue weighted by atomic mass is 32.2. The Morgan fingerprint density at radius 1 is 0.926 bits per heavy atom. The number of phenols is 1. The van der Waals surface area contributed by atoms with Crippen LogP contribution in [-0.2, 0) is 27.8 Å². The summed E-state index contributed by atoms with van der Waals surface area (Å²) in [5, 5.41) is 54.7. The van der Waals surface area contributed by atoms with E-state index in [9.17, 15) is 59.0 Å². The Kier molecular flexibility index (Phi) is 15.7. The maximum Gasteiger partial charge on any atom is 0.472 e. The molecule has 2 aliphatic heterocycles. The molecule has 2 aromatic carbocycles. The summed E-state index contributed by atoms with van der Waals surface area (Å²) < 4.78 is 47.2. The number of fused-ring (bicyclic) bond motifs is 2. The second-order valence-corrected chi connectivity index (χ2v) is 17.7. The summed E-state index contributed by atoms with van der Waals surface area (Å²) in [6.45, 7) is 1.50. The highest BCUT2D eigenvalue weighted by Gasteiger charge is 2.38. The number of aryl methyl sites for hydroxylation is 1. The third kappa shape index (κ3) is 11.8. The van der Waals surface area contributed by atoms with E-state index in [2.05, 4.69) is 15.7 Å². The van der Waals surface area contributed by atoms with Crippen molar-refractivity contribution < 1.29 is 72.3 Å². The zero-order valence-corrected chi connectivity index (χ0v) is 37.7. The van der Waals surface area contributed by atoms with Gasteiger partial charge >= 0.3 is 19.5 Å². The number of phosphoric acid groups is 1. The summed E-state index contributed by atoms with van der Waals surface area (Å²) in [4.78, 5) is 74.1. The highest BCUT2D eigenvalue weighted by Crippen LogP contribution is 2.45. The number of rotatable bonds is 22. The fraction of sp³-hybridized carbons (Fsp3) is 0.326. The van der Waals surface area contributed by atoms with E-state index in [4.69, 9.17) is 27.7 Å². The lowest BCUT2D eigenvalue weighted by Crippen LogP contribution is -2.33. The number of aromatic hydroxyl groups is 3. The number of hydrogen-bond acceptors (Lipinski definition) is 18. The van der Waals surface area contributed by atoms with Gasteiger partial charge in [0.25, 0.3) is 11.5 Å². The average molecular weight is 984 g/mol. The molecule has 25 heteroatoms. The summed E-state index contributed by atoms with van der Waals surface area (Å²) in [7, 11) is -4.62. The van der Waals surface area contributed by atoms with Crippen LogP contribution in [0.15, 0.2) is 90.6 Å². The molecule has 23 nitrogen and oxygen atoms in total. The molecule has 0 bridgehead atoms. The average Bonchev–Trinajstić information content (AvgIpc) is 3.80. The molecule has 68 heavy (non-hydrogen) atoms. The smallest absolute Gasteiger partial charge is 0.472 e. The van der Waals surface area contributed by atoms with Crippen LogP contribution in [0.3, 0.4) is 0 Å². The molecular weight excluding hydrogens is 938 g/mol. The molecule has 4 atom stereocenters. The molecule has 0 spiro atoms. The highest BCUT2D eigenvalue weighted by molar-refractivity contribution is 7.99. The first kappa shape index (κ1) is 49.4. The van der Waals surface area contributed by atoms with Gasteiger partial charge in [-0.3, -0.25) is 33.0 Å². The topological polar surface area (TPSA) is 333 Å². The van der Waals surface area contributed by atoms with E-state index in [1.165, 1.54) is 67.7 Å². The molecule has 362 valence electrons. The number of aromatic nitrogens is 3. The quantitative estimate of drug-likeness (QED) is 0.0204. The van der Waals surface area contributed by atoms with Crippen molar-refractivity contribution in [1.82, 2.24) is 19.5 Å². The normalized spacial score (nSPS) is 16.8. The lowest BCUT2D eigenvalue weighted by atomic mass is 9.89. The van der Waals surface area contributed by atoms with Crippen molar-refractivity contribution in [1.29, 1.82) is 0 Å². The summed E-state index contributed by atoms with van der Waals surface area (Å²) in [6.07, 6.45) is -1.93. The third-order valence-corrected chi connectivity index (χ3v) is 12.4. The number of carbonyl (C=O) groups is 2. The van der Waals surface area contributed by atoms with Gasteiger partial charge in [0.1, 0.15) is 29.4 Å². The van der Waals surface area contributed by atoms with Crippen LogP contribution < -0.4 is 27.4 Å². The van der Waals surface area contributed by atoms with Gasteiger partial charge in [0.05, 0.1) is 62.7 Å². The molecule has 1 aliphatic carbocycles. The number of carboxylic acids is 1. The Morgan fingerprint density at radius 3 is 2.46 bits per heavy atom. The van der Waals surface area contributed by atoms with Gasteiger partial charge in [-0.15, -0.1) is 11.8 Å². The molecule has 2 aromatic heterocycles. The number of benzene rings is 3. The zero-order chi connectivity index (χ0) is 48.7. The lowest BCUT2D eigenvalue weighted by molar-refractivity contribution is -0.0463. The Balaban J connectivity index is 0.794. The van der Waals surface area contributed by atoms with Crippen LogP contribution in [0.4, 0.5) is 0 Å². The van der Waals surface area contributed by atoms with Crippen LogP contribution in [0.25, 0.3) is 33.4 Å². The van der Waals surface area contributed by atoms with Crippen molar-refractivity contribution in [2.75, 3.05) is 63.9 Å². The van der Waals surface area contributed by atoms with Gasteiger partial charge in [-0.2, -0.15) is 4.68 Å². The number of aliphatic hydroxyl groups is 1. The predicted molar refractivity (Wildman–Crippen MR) is 242 cm³/mol. The molecule has 1 saturated heterocycles. The van der Waals surface area contributed by atoms with Gasteiger partial charge in [0.2, 0.25) is 11.8 Å². The van der Waals surface area contributed by atoms with E-state index >= 15 is 0 Å². The van der Waals surface area contributed by atoms with E-state index in [0.717, 1.165) is 21.0 Å². The molecule has 1 unspecified atom stereocenters. The molecular formula is C43H46N5O18PS. The Bertz CT molecular complexity index is 3010. The van der Waals surface area contributed by atoms with Gasteiger partial charge in [-0.25, -0.2) is 14.2 Å². The Morgan fingerprint density at radius 2 is 1.69 bits per heavy atom. The second-order valence-electron chi connectivity index (χ2n) is 15.2. The number of H-pyrrole nitrogens is 1. The summed E-state index contributed by atoms with van der Waals surface area (Å²) in [5.74, 6) is -2.29. The van der Waals surface area contributed by atoms with Gasteiger partial charge in [0, 0.05) is 70.8 Å². The zero-order valence-electron chi connectivity index (χ0n) is 36.0. The minimum absolute atomic E-state index is 0.0414. The van der Waals surface area contributed by atoms with Gasteiger partial charge in [-0.1, -0.05) is 0 Å². The minimum Gasteiger partial charge on any atom is -0.508 e. The molecule has 7 rings (SSSR count). The van der Waals surface area contributed by atoms with E-state index in [0.29, 0.717) is 16.5 Å². The van der Waals surface area contributed by atoms with Crippen molar-refractivity contribution in [3.05, 3.63) is 115 Å². The molecule has 9 N–H and O–H groups in total. The predicted octanol–water partition coefficient (Wildman–Crippen LogP) is 2.92. The summed E-state index contributed by atoms with van der Waals surface area (Å²) >= 11 is 1.01. The van der Waals surface area contributed by atoms with Gasteiger partial charge in [0.15, 0.2) is 5.43 Å². The molecule has 0 saturated carbocycles.